The summed E-state index contributed by atoms with van der Waals surface area (Å²) in [5.41, 5.74) is -0.941. The van der Waals surface area contributed by atoms with Crippen LogP contribution in [0.15, 0.2) is 42.6 Å². The molecule has 180 valence electrons. The number of carbonyl (C=O) groups is 3. The van der Waals surface area contributed by atoms with Gasteiger partial charge in [0.15, 0.2) is 0 Å². The third kappa shape index (κ3) is 5.53. The van der Waals surface area contributed by atoms with Crippen LogP contribution < -0.4 is 10.6 Å². The third-order valence-electron chi connectivity index (χ3n) is 5.74. The van der Waals surface area contributed by atoms with E-state index in [0.29, 0.717) is 25.1 Å². The van der Waals surface area contributed by atoms with Crippen molar-refractivity contribution in [2.75, 3.05) is 23.8 Å². The molecule has 3 heterocycles. The Morgan fingerprint density at radius 2 is 1.97 bits per heavy atom. The SMILES string of the molecule is O=C(Nc1ccc(NC(=O)C2CCCO2)cc1C(F)(F)F)C1CC(=O)N(Cc2ccccn2)C1. The highest BCUT2D eigenvalue weighted by Crippen LogP contribution is 2.37. The van der Waals surface area contributed by atoms with E-state index >= 15 is 0 Å². The molecule has 0 saturated carbocycles. The summed E-state index contributed by atoms with van der Waals surface area (Å²) >= 11 is 0. The molecule has 2 aromatic rings. The van der Waals surface area contributed by atoms with Crippen molar-refractivity contribution in [1.82, 2.24) is 9.88 Å². The Morgan fingerprint density at radius 1 is 1.15 bits per heavy atom. The van der Waals surface area contributed by atoms with Crippen LogP contribution in [-0.2, 0) is 31.8 Å². The van der Waals surface area contributed by atoms with Gasteiger partial charge in [-0.15, -0.1) is 0 Å². The first kappa shape index (κ1) is 23.7. The van der Waals surface area contributed by atoms with E-state index in [1.54, 1.807) is 24.4 Å². The van der Waals surface area contributed by atoms with Crippen molar-refractivity contribution in [2.45, 2.75) is 38.1 Å². The Bertz CT molecular complexity index is 1070. The van der Waals surface area contributed by atoms with E-state index in [4.69, 9.17) is 4.74 Å². The Balaban J connectivity index is 1.44. The summed E-state index contributed by atoms with van der Waals surface area (Å²) in [7, 11) is 0. The van der Waals surface area contributed by atoms with E-state index in [2.05, 4.69) is 15.6 Å². The summed E-state index contributed by atoms with van der Waals surface area (Å²) in [4.78, 5) is 42.8. The zero-order valence-corrected chi connectivity index (χ0v) is 18.1. The van der Waals surface area contributed by atoms with Gasteiger partial charge in [0.1, 0.15) is 6.10 Å². The van der Waals surface area contributed by atoms with Crippen LogP contribution in [0.5, 0.6) is 0 Å². The van der Waals surface area contributed by atoms with Crippen molar-refractivity contribution in [2.24, 2.45) is 5.92 Å². The van der Waals surface area contributed by atoms with Crippen molar-refractivity contribution < 1.29 is 32.3 Å². The highest BCUT2D eigenvalue weighted by atomic mass is 19.4. The number of ether oxygens (including phenoxy) is 1. The second kappa shape index (κ2) is 9.80. The van der Waals surface area contributed by atoms with Gasteiger partial charge in [0.2, 0.25) is 11.8 Å². The molecule has 2 fully saturated rings. The fourth-order valence-electron chi connectivity index (χ4n) is 4.00. The van der Waals surface area contributed by atoms with E-state index in [9.17, 15) is 27.6 Å². The van der Waals surface area contributed by atoms with Gasteiger partial charge in [0.05, 0.1) is 29.4 Å². The zero-order valence-electron chi connectivity index (χ0n) is 18.1. The first-order valence-corrected chi connectivity index (χ1v) is 10.8. The fourth-order valence-corrected chi connectivity index (χ4v) is 4.00. The zero-order chi connectivity index (χ0) is 24.3. The van der Waals surface area contributed by atoms with Crippen LogP contribution in [0.4, 0.5) is 24.5 Å². The summed E-state index contributed by atoms with van der Waals surface area (Å²) in [5.74, 6) is -2.26. The lowest BCUT2D eigenvalue weighted by Gasteiger charge is -2.18. The molecule has 2 unspecified atom stereocenters. The molecule has 1 aromatic heterocycles. The molecule has 1 aromatic carbocycles. The van der Waals surface area contributed by atoms with Gasteiger partial charge in [-0.05, 0) is 43.2 Å². The number of nitrogens with one attached hydrogen (secondary N) is 2. The molecule has 2 aliphatic rings. The van der Waals surface area contributed by atoms with Gasteiger partial charge in [-0.3, -0.25) is 19.4 Å². The summed E-state index contributed by atoms with van der Waals surface area (Å²) in [6.07, 6.45) is -2.77. The predicted octanol–water partition coefficient (Wildman–Crippen LogP) is 3.21. The molecule has 11 heteroatoms. The number of carbonyl (C=O) groups excluding carboxylic acids is 3. The number of amides is 3. The largest absolute Gasteiger partial charge is 0.418 e. The van der Waals surface area contributed by atoms with Gasteiger partial charge in [-0.25, -0.2) is 0 Å². The topological polar surface area (TPSA) is 101 Å². The molecule has 3 amide bonds. The van der Waals surface area contributed by atoms with Gasteiger partial charge < -0.3 is 20.3 Å². The number of hydrogen-bond donors (Lipinski definition) is 2. The van der Waals surface area contributed by atoms with Gasteiger partial charge in [-0.2, -0.15) is 13.2 Å². The number of alkyl halides is 3. The predicted molar refractivity (Wildman–Crippen MR) is 115 cm³/mol. The molecular weight excluding hydrogens is 453 g/mol. The number of pyridine rings is 1. The van der Waals surface area contributed by atoms with Gasteiger partial charge in [-0.1, -0.05) is 6.07 Å². The highest BCUT2D eigenvalue weighted by molar-refractivity contribution is 5.98. The molecule has 34 heavy (non-hydrogen) atoms. The number of aromatic nitrogens is 1. The molecule has 2 atom stereocenters. The lowest BCUT2D eigenvalue weighted by molar-refractivity contribution is -0.137. The van der Waals surface area contributed by atoms with Crippen LogP contribution >= 0.6 is 0 Å². The minimum atomic E-state index is -4.77. The summed E-state index contributed by atoms with van der Waals surface area (Å²) in [6.45, 7) is 0.730. The first-order chi connectivity index (χ1) is 16.2. The standard InChI is InChI=1S/C23H23F3N4O4/c24-23(25,26)17-11-15(28-22(33)19-5-3-9-34-19)6-7-18(17)29-21(32)14-10-20(31)30(12-14)13-16-4-1-2-8-27-16/h1-2,4,6-8,11,14,19H,3,5,9-10,12-13H2,(H,28,33)(H,29,32). The molecule has 0 aliphatic carbocycles. The number of rotatable bonds is 6. The molecule has 8 nitrogen and oxygen atoms in total. The molecular formula is C23H23F3N4O4. The van der Waals surface area contributed by atoms with Crippen molar-refractivity contribution in [3.63, 3.8) is 0 Å². The summed E-state index contributed by atoms with van der Waals surface area (Å²) < 4.78 is 46.4. The maximum absolute atomic E-state index is 13.7. The summed E-state index contributed by atoms with van der Waals surface area (Å²) in [5, 5.41) is 4.74. The van der Waals surface area contributed by atoms with Crippen molar-refractivity contribution in [1.29, 1.82) is 0 Å². The van der Waals surface area contributed by atoms with Gasteiger partial charge in [0, 0.05) is 31.5 Å². The molecule has 0 bridgehead atoms. The van der Waals surface area contributed by atoms with Crippen molar-refractivity contribution in [3.8, 4) is 0 Å². The van der Waals surface area contributed by atoms with Crippen LogP contribution in [0, 0.1) is 5.92 Å². The van der Waals surface area contributed by atoms with Gasteiger partial charge >= 0.3 is 6.18 Å². The maximum atomic E-state index is 13.7. The Labute approximate surface area is 193 Å². The minimum Gasteiger partial charge on any atom is -0.368 e. The quantitative estimate of drug-likeness (QED) is 0.667. The first-order valence-electron chi connectivity index (χ1n) is 10.8. The monoisotopic (exact) mass is 476 g/mol. The van der Waals surface area contributed by atoms with E-state index in [-0.39, 0.29) is 31.1 Å². The number of benzene rings is 1. The van der Waals surface area contributed by atoms with E-state index < -0.39 is 41.3 Å². The van der Waals surface area contributed by atoms with Crippen LogP contribution in [-0.4, -0.2) is 46.9 Å². The number of likely N-dealkylation sites (tertiary alicyclic amines) is 1. The molecule has 4 rings (SSSR count). The molecule has 2 aliphatic heterocycles. The number of anilines is 2. The number of halogens is 3. The summed E-state index contributed by atoms with van der Waals surface area (Å²) in [6, 6.07) is 8.41. The van der Waals surface area contributed by atoms with Crippen LogP contribution in [0.2, 0.25) is 0 Å². The van der Waals surface area contributed by atoms with E-state index in [1.165, 1.54) is 11.0 Å². The van der Waals surface area contributed by atoms with Crippen LogP contribution in [0.1, 0.15) is 30.5 Å². The van der Waals surface area contributed by atoms with Crippen LogP contribution in [0.25, 0.3) is 0 Å². The second-order valence-corrected chi connectivity index (χ2v) is 8.23. The third-order valence-corrected chi connectivity index (χ3v) is 5.74. The van der Waals surface area contributed by atoms with Crippen molar-refractivity contribution in [3.05, 3.63) is 53.9 Å². The smallest absolute Gasteiger partial charge is 0.368 e. The maximum Gasteiger partial charge on any atom is 0.418 e. The van der Waals surface area contributed by atoms with Gasteiger partial charge in [0.25, 0.3) is 5.91 Å². The van der Waals surface area contributed by atoms with Crippen LogP contribution in [0.3, 0.4) is 0 Å². The van der Waals surface area contributed by atoms with Crippen molar-refractivity contribution >= 4 is 29.1 Å². The lowest BCUT2D eigenvalue weighted by Crippen LogP contribution is -2.29. The van der Waals surface area contributed by atoms with E-state index in [1.807, 2.05) is 0 Å². The Morgan fingerprint density at radius 3 is 2.65 bits per heavy atom. The number of nitrogens with zero attached hydrogens (tertiary/aromatic N) is 2. The molecule has 0 spiro atoms. The molecule has 0 radical (unpaired) electrons. The minimum absolute atomic E-state index is 0.0524. The fraction of sp³-hybridized carbons (Fsp3) is 0.391. The molecule has 2 N–H and O–H groups in total. The molecule has 2 saturated heterocycles. The van der Waals surface area contributed by atoms with E-state index in [0.717, 1.165) is 12.1 Å². The highest BCUT2D eigenvalue weighted by Gasteiger charge is 2.38. The average molecular weight is 476 g/mol. The normalized spacial score (nSPS) is 20.4. The number of hydrogen-bond acceptors (Lipinski definition) is 5. The second-order valence-electron chi connectivity index (χ2n) is 8.23. The Kier molecular flexibility index (Phi) is 6.82. The Hall–Kier alpha value is -3.47. The average Bonchev–Trinajstić information content (AvgIpc) is 3.45. The lowest BCUT2D eigenvalue weighted by atomic mass is 10.1.